The number of halogens is 1. The number of carbonyl (C=O) groups excluding carboxylic acids is 1. The highest BCUT2D eigenvalue weighted by Gasteiger charge is 2.38. The number of ether oxygens (including phenoxy) is 1. The normalized spacial score (nSPS) is 13.7. The van der Waals surface area contributed by atoms with Crippen molar-refractivity contribution in [3.63, 3.8) is 0 Å². The first-order valence-electron chi connectivity index (χ1n) is 4.79. The molecule has 0 aromatic rings. The average molecular weight is 236 g/mol. The number of hydrogen-bond acceptors (Lipinski definition) is 2. The van der Waals surface area contributed by atoms with E-state index in [1.165, 1.54) is 6.08 Å². The molecule has 0 rings (SSSR count). The van der Waals surface area contributed by atoms with E-state index >= 15 is 0 Å². The van der Waals surface area contributed by atoms with Crippen LogP contribution in [0.3, 0.4) is 0 Å². The first-order valence-corrected chi connectivity index (χ1v) is 4.79. The molecule has 0 aliphatic carbocycles. The molecule has 0 saturated heterocycles. The zero-order valence-corrected chi connectivity index (χ0v) is 11.3. The zero-order chi connectivity index (χ0) is 11.6. The minimum absolute atomic E-state index is 0. The fraction of sp³-hybridized carbons (Fsp3) is 0.727. The molecule has 0 heterocycles. The number of rotatable bonds is 3. The maximum absolute atomic E-state index is 11.0. The van der Waals surface area contributed by atoms with Gasteiger partial charge in [-0.3, -0.25) is 4.48 Å². The summed E-state index contributed by atoms with van der Waals surface area (Å²) in [4.78, 5) is 11.0. The molecule has 0 aromatic carbocycles. The Bertz CT molecular complexity index is 231. The number of carbonyl (C=O) groups is 1. The third-order valence-electron chi connectivity index (χ3n) is 3.09. The molecule has 0 radical (unpaired) electrons. The second kappa shape index (κ2) is 5.52. The number of hydrogen-bond donors (Lipinski definition) is 0. The van der Waals surface area contributed by atoms with E-state index in [0.717, 1.165) is 0 Å². The second-order valence-corrected chi connectivity index (χ2v) is 4.95. The third kappa shape index (κ3) is 4.22. The molecule has 1 atom stereocenters. The van der Waals surface area contributed by atoms with Crippen molar-refractivity contribution in [2.45, 2.75) is 39.5 Å². The van der Waals surface area contributed by atoms with Gasteiger partial charge in [-0.1, -0.05) is 6.58 Å². The Hall–Kier alpha value is -0.540. The highest BCUT2D eigenvalue weighted by Crippen LogP contribution is 2.23. The quantitative estimate of drug-likeness (QED) is 0.270. The van der Waals surface area contributed by atoms with Crippen LogP contribution in [0.5, 0.6) is 0 Å². The zero-order valence-electron chi connectivity index (χ0n) is 10.5. The Balaban J connectivity index is 0. The Morgan fingerprint density at radius 1 is 1.40 bits per heavy atom. The van der Waals surface area contributed by atoms with E-state index in [9.17, 15) is 4.79 Å². The molecule has 3 nitrogen and oxygen atoms in total. The topological polar surface area (TPSA) is 26.3 Å². The fourth-order valence-corrected chi connectivity index (χ4v) is 0.893. The van der Waals surface area contributed by atoms with Crippen LogP contribution in [0.25, 0.3) is 0 Å². The van der Waals surface area contributed by atoms with Gasteiger partial charge in [0, 0.05) is 13.0 Å². The number of nitrogens with zero attached hydrogens (tertiary/aromatic N) is 1. The minimum Gasteiger partial charge on any atom is -1.00 e. The molecule has 90 valence electrons. The minimum atomic E-state index is -0.368. The molecular formula is C11H22ClNO2. The molecule has 0 fully saturated rings. The summed E-state index contributed by atoms with van der Waals surface area (Å²) >= 11 is 0. The summed E-state index contributed by atoms with van der Waals surface area (Å²) in [5, 5.41) is 0. The van der Waals surface area contributed by atoms with Crippen LogP contribution in [0.1, 0.15) is 27.7 Å². The summed E-state index contributed by atoms with van der Waals surface area (Å²) in [6.45, 7) is 11.6. The van der Waals surface area contributed by atoms with Crippen molar-refractivity contribution < 1.29 is 26.4 Å². The molecular weight excluding hydrogens is 214 g/mol. The number of quaternary nitrogens is 1. The maximum Gasteiger partial charge on any atom is 0.334 e. The van der Waals surface area contributed by atoms with Crippen molar-refractivity contribution in [2.75, 3.05) is 14.1 Å². The predicted molar refractivity (Wildman–Crippen MR) is 57.6 cm³/mol. The van der Waals surface area contributed by atoms with Crippen LogP contribution < -0.4 is 12.4 Å². The van der Waals surface area contributed by atoms with Crippen molar-refractivity contribution in [3.05, 3.63) is 12.7 Å². The molecule has 0 amide bonds. The maximum atomic E-state index is 11.0. The van der Waals surface area contributed by atoms with E-state index in [1.807, 2.05) is 21.0 Å². The van der Waals surface area contributed by atoms with E-state index < -0.39 is 0 Å². The van der Waals surface area contributed by atoms with Crippen molar-refractivity contribution in [2.24, 2.45) is 0 Å². The third-order valence-corrected chi connectivity index (χ3v) is 3.09. The van der Waals surface area contributed by atoms with Gasteiger partial charge in [-0.15, -0.1) is 0 Å². The molecule has 4 heteroatoms. The van der Waals surface area contributed by atoms with Gasteiger partial charge in [0.25, 0.3) is 0 Å². The molecule has 0 saturated carbocycles. The van der Waals surface area contributed by atoms with Crippen LogP contribution in [-0.4, -0.2) is 36.3 Å². The summed E-state index contributed by atoms with van der Waals surface area (Å²) in [5.41, 5.74) is 0.0286. The Morgan fingerprint density at radius 3 is 2.07 bits per heavy atom. The van der Waals surface area contributed by atoms with Gasteiger partial charge in [0.1, 0.15) is 0 Å². The lowest BCUT2D eigenvalue weighted by atomic mass is 10.0. The molecule has 0 aliphatic heterocycles. The van der Waals surface area contributed by atoms with Gasteiger partial charge in [0.05, 0.1) is 19.6 Å². The molecule has 15 heavy (non-hydrogen) atoms. The van der Waals surface area contributed by atoms with Gasteiger partial charge < -0.3 is 17.1 Å². The Kier molecular flexibility index (Phi) is 6.21. The lowest BCUT2D eigenvalue weighted by Gasteiger charge is -2.45. The molecule has 0 aliphatic rings. The van der Waals surface area contributed by atoms with E-state index in [1.54, 1.807) is 0 Å². The van der Waals surface area contributed by atoms with Crippen molar-refractivity contribution in [3.8, 4) is 0 Å². The molecule has 0 spiro atoms. The van der Waals surface area contributed by atoms with Gasteiger partial charge >= 0.3 is 5.97 Å². The van der Waals surface area contributed by atoms with Crippen LogP contribution in [-0.2, 0) is 9.53 Å². The highest BCUT2D eigenvalue weighted by atomic mass is 35.5. The largest absolute Gasteiger partial charge is 1.00 e. The van der Waals surface area contributed by atoms with Gasteiger partial charge in [0.2, 0.25) is 6.23 Å². The van der Waals surface area contributed by atoms with Crippen molar-refractivity contribution in [1.29, 1.82) is 0 Å². The smallest absolute Gasteiger partial charge is 0.334 e. The first-order chi connectivity index (χ1) is 6.13. The van der Waals surface area contributed by atoms with E-state index in [2.05, 4.69) is 27.4 Å². The summed E-state index contributed by atoms with van der Waals surface area (Å²) in [5.74, 6) is -0.368. The van der Waals surface area contributed by atoms with Crippen molar-refractivity contribution in [1.82, 2.24) is 0 Å². The SMILES string of the molecule is C=CC(=O)OC(C)[N+](C)(C)C(C)(C)C.[Cl-]. The van der Waals surface area contributed by atoms with Crippen LogP contribution in [0.15, 0.2) is 12.7 Å². The summed E-state index contributed by atoms with van der Waals surface area (Å²) in [6.07, 6.45) is 1.01. The van der Waals surface area contributed by atoms with Gasteiger partial charge in [-0.05, 0) is 20.8 Å². The first kappa shape index (κ1) is 16.9. The summed E-state index contributed by atoms with van der Waals surface area (Å²) in [6, 6.07) is 0. The summed E-state index contributed by atoms with van der Waals surface area (Å²) < 4.78 is 5.82. The van der Waals surface area contributed by atoms with E-state index in [-0.39, 0.29) is 30.1 Å². The van der Waals surface area contributed by atoms with E-state index in [0.29, 0.717) is 4.48 Å². The predicted octanol–water partition coefficient (Wildman–Crippen LogP) is -1.06. The molecule has 1 unspecified atom stereocenters. The standard InChI is InChI=1S/C11H22NO2.ClH/c1-8-10(13)14-9(2)12(6,7)11(3,4)5;/h8-9H,1H2,2-7H3;1H/q+1;/p-1. The van der Waals surface area contributed by atoms with Crippen LogP contribution in [0.2, 0.25) is 0 Å². The van der Waals surface area contributed by atoms with Crippen molar-refractivity contribution >= 4 is 5.97 Å². The molecule has 0 N–H and O–H groups in total. The fourth-order valence-electron chi connectivity index (χ4n) is 0.893. The van der Waals surface area contributed by atoms with Crippen LogP contribution in [0, 0.1) is 0 Å². The molecule has 0 aromatic heterocycles. The molecule has 0 bridgehead atoms. The van der Waals surface area contributed by atoms with Crippen LogP contribution in [0.4, 0.5) is 0 Å². The highest BCUT2D eigenvalue weighted by molar-refractivity contribution is 5.81. The van der Waals surface area contributed by atoms with Gasteiger partial charge in [-0.2, -0.15) is 0 Å². The van der Waals surface area contributed by atoms with E-state index in [4.69, 9.17) is 4.74 Å². The van der Waals surface area contributed by atoms with Crippen LogP contribution >= 0.6 is 0 Å². The number of esters is 1. The lowest BCUT2D eigenvalue weighted by molar-refractivity contribution is -0.974. The lowest BCUT2D eigenvalue weighted by Crippen LogP contribution is -3.00. The van der Waals surface area contributed by atoms with Gasteiger partial charge in [-0.25, -0.2) is 4.79 Å². The Labute approximate surface area is 99.1 Å². The Morgan fingerprint density at radius 2 is 1.80 bits per heavy atom. The second-order valence-electron chi connectivity index (χ2n) is 4.95. The summed E-state index contributed by atoms with van der Waals surface area (Å²) in [7, 11) is 4.09. The van der Waals surface area contributed by atoms with Gasteiger partial charge in [0.15, 0.2) is 0 Å². The average Bonchev–Trinajstić information content (AvgIpc) is 2.01. The monoisotopic (exact) mass is 235 g/mol.